The number of nitrogens with zero attached hydrogens (tertiary/aromatic N) is 2. The van der Waals surface area contributed by atoms with Gasteiger partial charge in [-0.15, -0.1) is 3.89 Å². The van der Waals surface area contributed by atoms with E-state index >= 15 is 0 Å². The summed E-state index contributed by atoms with van der Waals surface area (Å²) in [4.78, 5) is 17.1. The third-order valence-electron chi connectivity index (χ3n) is 2.93. The molecule has 0 aromatic carbocycles. The fraction of sp³-hybridized carbons (Fsp3) is 0.455. The Hall–Kier alpha value is -1.21. The first-order valence-electron chi connectivity index (χ1n) is 5.64. The number of hydrogen-bond acceptors (Lipinski definition) is 4. The van der Waals surface area contributed by atoms with Crippen molar-refractivity contribution < 1.29 is 17.1 Å². The molecule has 1 atom stereocenters. The van der Waals surface area contributed by atoms with Crippen LogP contribution in [-0.4, -0.2) is 36.5 Å². The van der Waals surface area contributed by atoms with Crippen molar-refractivity contribution in [1.29, 1.82) is 0 Å². The lowest BCUT2D eigenvalue weighted by Crippen LogP contribution is -2.25. The minimum atomic E-state index is -4.55. The van der Waals surface area contributed by atoms with E-state index in [4.69, 9.17) is 11.6 Å². The lowest BCUT2D eigenvalue weighted by Gasteiger charge is -2.16. The molecule has 1 aliphatic rings. The first-order valence-corrected chi connectivity index (χ1v) is 7.58. The zero-order chi connectivity index (χ0) is 14.0. The summed E-state index contributed by atoms with van der Waals surface area (Å²) in [7, 11) is -4.55. The van der Waals surface area contributed by atoms with E-state index in [1.54, 1.807) is 12.1 Å². The second-order valence-corrected chi connectivity index (χ2v) is 6.27. The van der Waals surface area contributed by atoms with Gasteiger partial charge in [0.2, 0.25) is 5.91 Å². The maximum Gasteiger partial charge on any atom is 0.302 e. The smallest absolute Gasteiger partial charge is 0.302 e. The number of aromatic nitrogens is 1. The van der Waals surface area contributed by atoms with E-state index in [1.807, 2.05) is 0 Å². The number of amides is 1. The van der Waals surface area contributed by atoms with Gasteiger partial charge >= 0.3 is 10.2 Å². The second kappa shape index (κ2) is 5.42. The van der Waals surface area contributed by atoms with Gasteiger partial charge in [0.1, 0.15) is 5.15 Å². The van der Waals surface area contributed by atoms with Crippen LogP contribution < -0.4 is 0 Å². The quantitative estimate of drug-likeness (QED) is 0.622. The first-order chi connectivity index (χ1) is 8.85. The molecule has 0 bridgehead atoms. The minimum absolute atomic E-state index is 0.0427. The molecule has 1 fully saturated rings. The van der Waals surface area contributed by atoms with Crippen LogP contribution in [0.3, 0.4) is 0 Å². The number of hydrogen-bond donors (Lipinski definition) is 0. The number of rotatable bonds is 4. The van der Waals surface area contributed by atoms with Crippen molar-refractivity contribution in [2.75, 3.05) is 12.3 Å². The number of likely N-dealkylation sites (tertiary alicyclic amines) is 1. The molecule has 1 aliphatic heterocycles. The number of pyridine rings is 1. The van der Waals surface area contributed by atoms with E-state index in [-0.39, 0.29) is 25.4 Å². The van der Waals surface area contributed by atoms with Crippen LogP contribution in [0, 0.1) is 5.92 Å². The molecule has 2 heterocycles. The topological polar surface area (TPSA) is 67.3 Å². The summed E-state index contributed by atoms with van der Waals surface area (Å²) in [6.45, 7) is 0.474. The summed E-state index contributed by atoms with van der Waals surface area (Å²) in [6.07, 6.45) is 1.58. The maximum atomic E-state index is 12.6. The van der Waals surface area contributed by atoms with Crippen molar-refractivity contribution in [2.45, 2.75) is 13.0 Å². The van der Waals surface area contributed by atoms with Gasteiger partial charge in [-0.3, -0.25) is 4.79 Å². The lowest BCUT2D eigenvalue weighted by molar-refractivity contribution is -0.128. The standard InChI is InChI=1S/C11H12ClFN2O3S/c12-11-9(2-1-3-14-11)6-15-5-8(4-10(15)16)7-19(13,17)18/h1-3,8H,4-7H2. The van der Waals surface area contributed by atoms with Crippen molar-refractivity contribution in [3.63, 3.8) is 0 Å². The molecule has 1 saturated heterocycles. The monoisotopic (exact) mass is 306 g/mol. The number of carbonyl (C=O) groups is 1. The molecule has 2 rings (SSSR count). The summed E-state index contributed by atoms with van der Waals surface area (Å²) >= 11 is 5.89. The molecule has 8 heteroatoms. The first kappa shape index (κ1) is 14.2. The zero-order valence-electron chi connectivity index (χ0n) is 9.92. The predicted molar refractivity (Wildman–Crippen MR) is 67.7 cm³/mol. The van der Waals surface area contributed by atoms with Gasteiger partial charge in [-0.25, -0.2) is 4.98 Å². The Bertz CT molecular complexity index is 593. The van der Waals surface area contributed by atoms with Crippen LogP contribution >= 0.6 is 11.6 Å². The lowest BCUT2D eigenvalue weighted by atomic mass is 10.1. The Kier molecular flexibility index (Phi) is 4.05. The fourth-order valence-corrected chi connectivity index (χ4v) is 3.11. The molecule has 0 aliphatic carbocycles. The molecular weight excluding hydrogens is 295 g/mol. The molecule has 5 nitrogen and oxygen atoms in total. The number of carbonyl (C=O) groups excluding carboxylic acids is 1. The third-order valence-corrected chi connectivity index (χ3v) is 4.14. The molecule has 104 valence electrons. The van der Waals surface area contributed by atoms with Crippen molar-refractivity contribution in [3.8, 4) is 0 Å². The highest BCUT2D eigenvalue weighted by Gasteiger charge is 2.32. The summed E-state index contributed by atoms with van der Waals surface area (Å²) in [5, 5.41) is 0.303. The van der Waals surface area contributed by atoms with E-state index < -0.39 is 21.9 Å². The average Bonchev–Trinajstić information content (AvgIpc) is 2.60. The predicted octanol–water partition coefficient (Wildman–Crippen LogP) is 1.38. The van der Waals surface area contributed by atoms with Gasteiger partial charge < -0.3 is 4.90 Å². The van der Waals surface area contributed by atoms with Gasteiger partial charge in [0.25, 0.3) is 0 Å². The summed E-state index contributed by atoms with van der Waals surface area (Å²) in [5.74, 6) is -1.32. The molecule has 1 unspecified atom stereocenters. The molecule has 19 heavy (non-hydrogen) atoms. The largest absolute Gasteiger partial charge is 0.338 e. The SMILES string of the molecule is O=C1CC(CS(=O)(=O)F)CN1Cc1cccnc1Cl. The molecular formula is C11H12ClFN2O3S. The van der Waals surface area contributed by atoms with E-state index in [0.717, 1.165) is 0 Å². The van der Waals surface area contributed by atoms with Crippen molar-refractivity contribution in [1.82, 2.24) is 9.88 Å². The normalized spacial score (nSPS) is 20.0. The van der Waals surface area contributed by atoms with Crippen LogP contribution in [0.1, 0.15) is 12.0 Å². The van der Waals surface area contributed by atoms with Crippen LogP contribution in [0.2, 0.25) is 5.15 Å². The van der Waals surface area contributed by atoms with Gasteiger partial charge in [-0.1, -0.05) is 17.7 Å². The molecule has 0 saturated carbocycles. The fourth-order valence-electron chi connectivity index (χ4n) is 2.14. The minimum Gasteiger partial charge on any atom is -0.338 e. The second-order valence-electron chi connectivity index (χ2n) is 4.50. The van der Waals surface area contributed by atoms with Crippen molar-refractivity contribution in [3.05, 3.63) is 29.0 Å². The Morgan fingerprint density at radius 2 is 2.26 bits per heavy atom. The zero-order valence-corrected chi connectivity index (χ0v) is 11.5. The third kappa shape index (κ3) is 3.87. The van der Waals surface area contributed by atoms with Gasteiger partial charge in [0.15, 0.2) is 0 Å². The Labute approximate surface area is 115 Å². The average molecular weight is 307 g/mol. The van der Waals surface area contributed by atoms with E-state index in [1.165, 1.54) is 11.1 Å². The summed E-state index contributed by atoms with van der Waals surface area (Å²) < 4.78 is 33.8. The van der Waals surface area contributed by atoms with E-state index in [2.05, 4.69) is 4.98 Å². The highest BCUT2D eigenvalue weighted by Crippen LogP contribution is 2.23. The number of halogens is 2. The van der Waals surface area contributed by atoms with Crippen LogP contribution in [0.4, 0.5) is 3.89 Å². The maximum absolute atomic E-state index is 12.6. The molecule has 0 N–H and O–H groups in total. The van der Waals surface area contributed by atoms with Crippen LogP contribution in [0.5, 0.6) is 0 Å². The summed E-state index contributed by atoms with van der Waals surface area (Å²) in [6, 6.07) is 3.44. The molecule has 1 aromatic heterocycles. The van der Waals surface area contributed by atoms with Crippen LogP contribution in [0.25, 0.3) is 0 Å². The molecule has 0 spiro atoms. The van der Waals surface area contributed by atoms with Crippen LogP contribution in [0.15, 0.2) is 18.3 Å². The highest BCUT2D eigenvalue weighted by molar-refractivity contribution is 7.86. The highest BCUT2D eigenvalue weighted by atomic mass is 35.5. The van der Waals surface area contributed by atoms with Crippen LogP contribution in [-0.2, 0) is 21.6 Å². The van der Waals surface area contributed by atoms with Gasteiger partial charge in [0, 0.05) is 37.2 Å². The molecule has 1 aromatic rings. The Morgan fingerprint density at radius 1 is 1.53 bits per heavy atom. The van der Waals surface area contributed by atoms with E-state index in [0.29, 0.717) is 10.7 Å². The van der Waals surface area contributed by atoms with Crippen molar-refractivity contribution >= 4 is 27.7 Å². The van der Waals surface area contributed by atoms with Crippen molar-refractivity contribution in [2.24, 2.45) is 5.92 Å². The van der Waals surface area contributed by atoms with Gasteiger partial charge in [-0.2, -0.15) is 8.42 Å². The Morgan fingerprint density at radius 3 is 2.89 bits per heavy atom. The van der Waals surface area contributed by atoms with Gasteiger partial charge in [0.05, 0.1) is 5.75 Å². The molecule has 0 radical (unpaired) electrons. The van der Waals surface area contributed by atoms with E-state index in [9.17, 15) is 17.1 Å². The molecule has 1 amide bonds. The van der Waals surface area contributed by atoms with Gasteiger partial charge in [-0.05, 0) is 6.07 Å². The summed E-state index contributed by atoms with van der Waals surface area (Å²) in [5.41, 5.74) is 0.682. The Balaban J connectivity index is 2.03.